The molecule has 1 amide bonds. The fourth-order valence-corrected chi connectivity index (χ4v) is 3.36. The lowest BCUT2D eigenvalue weighted by Crippen LogP contribution is -2.29. The van der Waals surface area contributed by atoms with Crippen LogP contribution in [0.25, 0.3) is 0 Å². The van der Waals surface area contributed by atoms with E-state index in [1.165, 1.54) is 12.8 Å². The molecule has 1 atom stereocenters. The number of nitrogens with zero attached hydrogens (tertiary/aromatic N) is 1. The van der Waals surface area contributed by atoms with Crippen molar-refractivity contribution in [3.05, 3.63) is 28.2 Å². The van der Waals surface area contributed by atoms with Crippen LogP contribution in [0.1, 0.15) is 36.5 Å². The number of hydrogen-bond donors (Lipinski definition) is 1. The van der Waals surface area contributed by atoms with Crippen molar-refractivity contribution in [2.75, 3.05) is 13.1 Å². The highest BCUT2D eigenvalue weighted by Gasteiger charge is 2.27. The summed E-state index contributed by atoms with van der Waals surface area (Å²) >= 11 is 7.77. The highest BCUT2D eigenvalue weighted by atomic mass is 79.9. The standard InChI is InChI=1S/C14H18BrNOS/c1-2-3-10-6-7-16(9-10)14(17)12-5-4-11(15)8-13(12)18/h4-5,8,10,18H,2-3,6-7,9H2,1H3. The molecule has 0 radical (unpaired) electrons. The first kappa shape index (κ1) is 13.9. The molecular formula is C14H18BrNOS. The minimum Gasteiger partial charge on any atom is -0.338 e. The zero-order chi connectivity index (χ0) is 13.1. The Labute approximate surface area is 122 Å². The minimum atomic E-state index is 0.117. The Hall–Kier alpha value is -0.480. The largest absolute Gasteiger partial charge is 0.338 e. The number of likely N-dealkylation sites (tertiary alicyclic amines) is 1. The van der Waals surface area contributed by atoms with Gasteiger partial charge >= 0.3 is 0 Å². The molecule has 1 heterocycles. The van der Waals surface area contributed by atoms with Crippen LogP contribution in [0.2, 0.25) is 0 Å². The van der Waals surface area contributed by atoms with Gasteiger partial charge in [-0.1, -0.05) is 29.3 Å². The molecule has 2 rings (SSSR count). The Morgan fingerprint density at radius 3 is 3.00 bits per heavy atom. The van der Waals surface area contributed by atoms with Gasteiger partial charge in [0.1, 0.15) is 0 Å². The van der Waals surface area contributed by atoms with E-state index < -0.39 is 0 Å². The topological polar surface area (TPSA) is 20.3 Å². The minimum absolute atomic E-state index is 0.117. The van der Waals surface area contributed by atoms with Crippen molar-refractivity contribution in [3.63, 3.8) is 0 Å². The van der Waals surface area contributed by atoms with Gasteiger partial charge in [0, 0.05) is 22.5 Å². The molecule has 1 aromatic carbocycles. The van der Waals surface area contributed by atoms with Crippen LogP contribution in [-0.4, -0.2) is 23.9 Å². The Bertz CT molecular complexity index is 449. The molecule has 0 saturated carbocycles. The van der Waals surface area contributed by atoms with E-state index in [0.29, 0.717) is 11.5 Å². The van der Waals surface area contributed by atoms with Gasteiger partial charge in [-0.25, -0.2) is 0 Å². The summed E-state index contributed by atoms with van der Waals surface area (Å²) in [6, 6.07) is 5.62. The van der Waals surface area contributed by atoms with E-state index in [9.17, 15) is 4.79 Å². The molecule has 98 valence electrons. The molecule has 2 nitrogen and oxygen atoms in total. The predicted octanol–water partition coefficient (Wildman–Crippen LogP) is 4.00. The molecule has 1 unspecified atom stereocenters. The molecule has 1 fully saturated rings. The maximum absolute atomic E-state index is 12.4. The molecule has 1 aliphatic rings. The van der Waals surface area contributed by atoms with Gasteiger partial charge in [0.05, 0.1) is 5.56 Å². The van der Waals surface area contributed by atoms with E-state index >= 15 is 0 Å². The van der Waals surface area contributed by atoms with Crippen molar-refractivity contribution in [1.82, 2.24) is 4.90 Å². The van der Waals surface area contributed by atoms with E-state index in [1.54, 1.807) is 0 Å². The zero-order valence-electron chi connectivity index (χ0n) is 10.5. The molecule has 0 aromatic heterocycles. The number of halogens is 1. The molecule has 0 spiro atoms. The Morgan fingerprint density at radius 1 is 1.56 bits per heavy atom. The number of carbonyl (C=O) groups is 1. The Kier molecular flexibility index (Phi) is 4.73. The van der Waals surface area contributed by atoms with Crippen molar-refractivity contribution in [1.29, 1.82) is 0 Å². The SMILES string of the molecule is CCCC1CCN(C(=O)c2ccc(Br)cc2S)C1. The summed E-state index contributed by atoms with van der Waals surface area (Å²) in [6.45, 7) is 3.98. The summed E-state index contributed by atoms with van der Waals surface area (Å²) in [7, 11) is 0. The van der Waals surface area contributed by atoms with Gasteiger partial charge in [-0.15, -0.1) is 12.6 Å². The lowest BCUT2D eigenvalue weighted by molar-refractivity contribution is 0.0783. The third kappa shape index (κ3) is 3.09. The summed E-state index contributed by atoms with van der Waals surface area (Å²) in [5.74, 6) is 0.795. The summed E-state index contributed by atoms with van der Waals surface area (Å²) < 4.78 is 0.953. The van der Waals surface area contributed by atoms with E-state index in [4.69, 9.17) is 0 Å². The number of rotatable bonds is 3. The molecule has 0 N–H and O–H groups in total. The average Bonchev–Trinajstić information content (AvgIpc) is 2.77. The van der Waals surface area contributed by atoms with Gasteiger partial charge in [-0.2, -0.15) is 0 Å². The second-order valence-electron chi connectivity index (χ2n) is 4.86. The summed E-state index contributed by atoms with van der Waals surface area (Å²) in [4.78, 5) is 15.1. The van der Waals surface area contributed by atoms with Crippen molar-refractivity contribution >= 4 is 34.5 Å². The quantitative estimate of drug-likeness (QED) is 0.832. The third-order valence-electron chi connectivity index (χ3n) is 3.46. The molecule has 1 aromatic rings. The maximum atomic E-state index is 12.4. The first-order valence-electron chi connectivity index (χ1n) is 6.39. The number of amides is 1. The number of carbonyl (C=O) groups excluding carboxylic acids is 1. The van der Waals surface area contributed by atoms with Crippen molar-refractivity contribution in [3.8, 4) is 0 Å². The van der Waals surface area contributed by atoms with Crippen LogP contribution in [-0.2, 0) is 0 Å². The number of thiol groups is 1. The van der Waals surface area contributed by atoms with E-state index in [1.807, 2.05) is 23.1 Å². The summed E-state index contributed by atoms with van der Waals surface area (Å²) in [6.07, 6.45) is 3.55. The van der Waals surface area contributed by atoms with Crippen LogP contribution in [0, 0.1) is 5.92 Å². The number of benzene rings is 1. The smallest absolute Gasteiger partial charge is 0.254 e. The normalized spacial score (nSPS) is 19.3. The van der Waals surface area contributed by atoms with Gasteiger partial charge in [-0.05, 0) is 37.0 Å². The highest BCUT2D eigenvalue weighted by Crippen LogP contribution is 2.26. The molecule has 1 aliphatic heterocycles. The van der Waals surface area contributed by atoms with Crippen LogP contribution in [0.4, 0.5) is 0 Å². The lowest BCUT2D eigenvalue weighted by atomic mass is 10.0. The molecule has 0 bridgehead atoms. The Morgan fingerprint density at radius 2 is 2.33 bits per heavy atom. The van der Waals surface area contributed by atoms with Crippen LogP contribution >= 0.6 is 28.6 Å². The third-order valence-corrected chi connectivity index (χ3v) is 4.32. The highest BCUT2D eigenvalue weighted by molar-refractivity contribution is 9.10. The molecular weight excluding hydrogens is 310 g/mol. The maximum Gasteiger partial charge on any atom is 0.254 e. The van der Waals surface area contributed by atoms with Gasteiger partial charge in [0.25, 0.3) is 5.91 Å². The summed E-state index contributed by atoms with van der Waals surface area (Å²) in [5.41, 5.74) is 0.707. The van der Waals surface area contributed by atoms with Crippen molar-refractivity contribution in [2.24, 2.45) is 5.92 Å². The first-order valence-corrected chi connectivity index (χ1v) is 7.63. The second-order valence-corrected chi connectivity index (χ2v) is 6.25. The fourth-order valence-electron chi connectivity index (χ4n) is 2.52. The number of hydrogen-bond acceptors (Lipinski definition) is 2. The van der Waals surface area contributed by atoms with Crippen LogP contribution in [0.3, 0.4) is 0 Å². The van der Waals surface area contributed by atoms with E-state index in [-0.39, 0.29) is 5.91 Å². The average molecular weight is 328 g/mol. The van der Waals surface area contributed by atoms with E-state index in [0.717, 1.165) is 28.9 Å². The van der Waals surface area contributed by atoms with Gasteiger partial charge in [0.15, 0.2) is 0 Å². The first-order chi connectivity index (χ1) is 8.61. The predicted molar refractivity (Wildman–Crippen MR) is 80.3 cm³/mol. The van der Waals surface area contributed by atoms with Crippen LogP contribution in [0.5, 0.6) is 0 Å². The lowest BCUT2D eigenvalue weighted by Gasteiger charge is -2.17. The van der Waals surface area contributed by atoms with Crippen molar-refractivity contribution in [2.45, 2.75) is 31.1 Å². The fraction of sp³-hybridized carbons (Fsp3) is 0.500. The van der Waals surface area contributed by atoms with Crippen molar-refractivity contribution < 1.29 is 4.79 Å². The zero-order valence-corrected chi connectivity index (χ0v) is 13.0. The molecule has 0 aliphatic carbocycles. The van der Waals surface area contributed by atoms with Crippen LogP contribution < -0.4 is 0 Å². The summed E-state index contributed by atoms with van der Waals surface area (Å²) in [5, 5.41) is 0. The van der Waals surface area contributed by atoms with Gasteiger partial charge in [-0.3, -0.25) is 4.79 Å². The monoisotopic (exact) mass is 327 g/mol. The van der Waals surface area contributed by atoms with E-state index in [2.05, 4.69) is 35.5 Å². The van der Waals surface area contributed by atoms with Gasteiger partial charge < -0.3 is 4.90 Å². The molecule has 4 heteroatoms. The molecule has 18 heavy (non-hydrogen) atoms. The van der Waals surface area contributed by atoms with Crippen LogP contribution in [0.15, 0.2) is 27.6 Å². The van der Waals surface area contributed by atoms with Gasteiger partial charge in [0.2, 0.25) is 0 Å². The Balaban J connectivity index is 2.08. The second kappa shape index (κ2) is 6.11. The molecule has 1 saturated heterocycles.